The second kappa shape index (κ2) is 3.53. The van der Waals surface area contributed by atoms with Crippen LogP contribution in [0.2, 0.25) is 0 Å². The molecule has 0 fully saturated rings. The quantitative estimate of drug-likeness (QED) is 0.363. The van der Waals surface area contributed by atoms with Crippen LogP contribution in [0.5, 0.6) is 0 Å². The van der Waals surface area contributed by atoms with Crippen LogP contribution < -0.4 is 0 Å². The van der Waals surface area contributed by atoms with Gasteiger partial charge in [-0.25, -0.2) is 4.74 Å². The zero-order valence-corrected chi connectivity index (χ0v) is 8.20. The molecule has 0 aliphatic carbocycles. The third-order valence-electron chi connectivity index (χ3n) is 2.43. The van der Waals surface area contributed by atoms with Gasteiger partial charge >= 0.3 is 0 Å². The fraction of sp³-hybridized carbons (Fsp3) is 0.875. The lowest BCUT2D eigenvalue weighted by Gasteiger charge is -2.22. The van der Waals surface area contributed by atoms with Crippen molar-refractivity contribution < 1.29 is 4.74 Å². The van der Waals surface area contributed by atoms with E-state index in [1.807, 2.05) is 0 Å². The van der Waals surface area contributed by atoms with Crippen LogP contribution in [0.4, 0.5) is 0 Å². The summed E-state index contributed by atoms with van der Waals surface area (Å²) in [7, 11) is 2.70. The van der Waals surface area contributed by atoms with Gasteiger partial charge in [-0.1, -0.05) is 0 Å². The third kappa shape index (κ3) is 1.93. The summed E-state index contributed by atoms with van der Waals surface area (Å²) in [4.78, 5) is 0. The van der Waals surface area contributed by atoms with Gasteiger partial charge in [-0.15, -0.1) is 9.24 Å². The van der Waals surface area contributed by atoms with E-state index >= 15 is 0 Å². The van der Waals surface area contributed by atoms with Crippen molar-refractivity contribution in [1.29, 1.82) is 0 Å². The van der Waals surface area contributed by atoms with Crippen LogP contribution >= 0.6 is 9.24 Å². The molecule has 0 aromatic carbocycles. The molecule has 3 heteroatoms. The van der Waals surface area contributed by atoms with Crippen LogP contribution in [0.15, 0.2) is 0 Å². The summed E-state index contributed by atoms with van der Waals surface area (Å²) < 4.78 is 1.15. The highest BCUT2D eigenvalue weighted by Crippen LogP contribution is 2.26. The number of rotatable bonds is 3. The van der Waals surface area contributed by atoms with Crippen LogP contribution in [0.1, 0.15) is 32.6 Å². The van der Waals surface area contributed by atoms with E-state index in [0.717, 1.165) is 36.6 Å². The average Bonchev–Trinajstić information content (AvgIpc) is 2.30. The van der Waals surface area contributed by atoms with Crippen molar-refractivity contribution in [1.82, 2.24) is 0 Å². The van der Waals surface area contributed by atoms with Gasteiger partial charge in [-0.05, 0) is 12.6 Å². The van der Waals surface area contributed by atoms with E-state index < -0.39 is 0 Å². The second-order valence-electron chi connectivity index (χ2n) is 3.44. The molecule has 64 valence electrons. The van der Waals surface area contributed by atoms with Crippen LogP contribution in [0.3, 0.4) is 0 Å². The fourth-order valence-corrected chi connectivity index (χ4v) is 1.75. The molecule has 0 saturated carbocycles. The van der Waals surface area contributed by atoms with E-state index in [-0.39, 0.29) is 5.54 Å². The molecule has 0 radical (unpaired) electrons. The fourth-order valence-electron chi connectivity index (χ4n) is 1.54. The van der Waals surface area contributed by atoms with Gasteiger partial charge in [0.25, 0.3) is 0 Å². The Morgan fingerprint density at radius 1 is 1.73 bits per heavy atom. The zero-order valence-electron chi connectivity index (χ0n) is 7.05. The van der Waals surface area contributed by atoms with Crippen LogP contribution in [-0.2, 0) is 0 Å². The first-order chi connectivity index (χ1) is 5.19. The zero-order chi connectivity index (χ0) is 8.32. The van der Waals surface area contributed by atoms with Crippen molar-refractivity contribution in [3.63, 3.8) is 0 Å². The smallest absolute Gasteiger partial charge is 0.170 e. The average molecular weight is 173 g/mol. The molecule has 11 heavy (non-hydrogen) atoms. The second-order valence-corrected chi connectivity index (χ2v) is 4.01. The Balaban J connectivity index is 2.46. The summed E-state index contributed by atoms with van der Waals surface area (Å²) in [5.41, 5.74) is -0.0867. The molecular formula is C8H16NOP. The molecule has 1 aliphatic rings. The Kier molecular flexibility index (Phi) is 2.89. The molecule has 1 aliphatic heterocycles. The minimum absolute atomic E-state index is 0.0867. The van der Waals surface area contributed by atoms with Crippen molar-refractivity contribution in [2.75, 3.05) is 6.16 Å². The Morgan fingerprint density at radius 3 is 2.91 bits per heavy atom. The predicted molar refractivity (Wildman–Crippen MR) is 51.1 cm³/mol. The molecule has 2 unspecified atom stereocenters. The monoisotopic (exact) mass is 173 g/mol. The van der Waals surface area contributed by atoms with E-state index in [2.05, 4.69) is 16.2 Å². The summed E-state index contributed by atoms with van der Waals surface area (Å²) in [5, 5.41) is 11.3. The lowest BCUT2D eigenvalue weighted by Crippen LogP contribution is -2.31. The first kappa shape index (κ1) is 8.99. The maximum Gasteiger partial charge on any atom is 0.170 e. The lowest BCUT2D eigenvalue weighted by molar-refractivity contribution is -0.534. The van der Waals surface area contributed by atoms with Gasteiger partial charge in [0.2, 0.25) is 0 Å². The van der Waals surface area contributed by atoms with E-state index in [0.29, 0.717) is 0 Å². The SMILES string of the molecule is CC1(CCCP)CCC=[N+]1[O-]. The highest BCUT2D eigenvalue weighted by molar-refractivity contribution is 7.16. The van der Waals surface area contributed by atoms with Crippen molar-refractivity contribution in [2.24, 2.45) is 0 Å². The van der Waals surface area contributed by atoms with Gasteiger partial charge < -0.3 is 5.21 Å². The molecule has 0 saturated heterocycles. The van der Waals surface area contributed by atoms with E-state index in [9.17, 15) is 5.21 Å². The Labute approximate surface area is 70.5 Å². The van der Waals surface area contributed by atoms with Gasteiger partial charge in [0.15, 0.2) is 11.8 Å². The summed E-state index contributed by atoms with van der Waals surface area (Å²) in [6.45, 7) is 2.06. The first-order valence-corrected chi connectivity index (χ1v) is 5.00. The predicted octanol–water partition coefficient (Wildman–Crippen LogP) is 1.78. The minimum atomic E-state index is -0.0867. The lowest BCUT2D eigenvalue weighted by atomic mass is 9.94. The van der Waals surface area contributed by atoms with Gasteiger partial charge in [0, 0.05) is 26.2 Å². The van der Waals surface area contributed by atoms with Gasteiger partial charge in [-0.2, -0.15) is 0 Å². The molecule has 0 N–H and O–H groups in total. The molecule has 1 rings (SSSR count). The van der Waals surface area contributed by atoms with Crippen molar-refractivity contribution in [2.45, 2.75) is 38.1 Å². The molecule has 0 aromatic rings. The van der Waals surface area contributed by atoms with Gasteiger partial charge in [-0.3, -0.25) is 0 Å². The summed E-state index contributed by atoms with van der Waals surface area (Å²) >= 11 is 0. The Hall–Kier alpha value is -0.100. The molecule has 0 amide bonds. The molecule has 2 nitrogen and oxygen atoms in total. The van der Waals surface area contributed by atoms with Crippen molar-refractivity contribution in [3.8, 4) is 0 Å². The first-order valence-electron chi connectivity index (χ1n) is 4.19. The van der Waals surface area contributed by atoms with Crippen molar-refractivity contribution >= 4 is 15.5 Å². The largest absolute Gasteiger partial charge is 0.624 e. The molecule has 0 bridgehead atoms. The minimum Gasteiger partial charge on any atom is -0.624 e. The van der Waals surface area contributed by atoms with Crippen LogP contribution in [0, 0.1) is 5.21 Å². The Bertz CT molecular complexity index is 169. The summed E-state index contributed by atoms with van der Waals surface area (Å²) in [6, 6.07) is 0. The van der Waals surface area contributed by atoms with E-state index in [1.165, 1.54) is 0 Å². The number of nitrogens with zero attached hydrogens (tertiary/aromatic N) is 1. The van der Waals surface area contributed by atoms with E-state index in [4.69, 9.17) is 0 Å². The standard InChI is InChI=1S/C8H16NOP/c1-8(5-3-7-11)4-2-6-9(8)10/h6H,2-5,7,11H2,1H3. The molecule has 2 atom stereocenters. The van der Waals surface area contributed by atoms with E-state index in [1.54, 1.807) is 6.21 Å². The maximum atomic E-state index is 11.3. The van der Waals surface area contributed by atoms with Crippen LogP contribution in [0.25, 0.3) is 0 Å². The third-order valence-corrected chi connectivity index (χ3v) is 2.84. The van der Waals surface area contributed by atoms with Gasteiger partial charge in [0.05, 0.1) is 0 Å². The topological polar surface area (TPSA) is 26.1 Å². The van der Waals surface area contributed by atoms with Gasteiger partial charge in [0.1, 0.15) is 0 Å². The number of hydrogen-bond donors (Lipinski definition) is 0. The Morgan fingerprint density at radius 2 is 2.45 bits per heavy atom. The molecule has 1 heterocycles. The summed E-state index contributed by atoms with van der Waals surface area (Å²) in [6.07, 6.45) is 7.01. The molecule has 0 spiro atoms. The highest BCUT2D eigenvalue weighted by Gasteiger charge is 2.35. The van der Waals surface area contributed by atoms with Crippen molar-refractivity contribution in [3.05, 3.63) is 5.21 Å². The number of hydrogen-bond acceptors (Lipinski definition) is 1. The highest BCUT2D eigenvalue weighted by atomic mass is 31.0. The summed E-state index contributed by atoms with van der Waals surface area (Å²) in [5.74, 6) is 0. The molecule has 0 aromatic heterocycles. The number of hydroxylamine groups is 1. The van der Waals surface area contributed by atoms with Crippen LogP contribution in [-0.4, -0.2) is 22.7 Å². The normalized spacial score (nSPS) is 30.5. The molecular weight excluding hydrogens is 157 g/mol. The maximum absolute atomic E-state index is 11.3.